The molecule has 0 saturated heterocycles. The van der Waals surface area contributed by atoms with Crippen LogP contribution in [0.3, 0.4) is 0 Å². The van der Waals surface area contributed by atoms with Crippen LogP contribution in [0, 0.1) is 0 Å². The van der Waals surface area contributed by atoms with Crippen molar-refractivity contribution in [3.63, 3.8) is 0 Å². The lowest BCUT2D eigenvalue weighted by Gasteiger charge is -2.04. The van der Waals surface area contributed by atoms with Gasteiger partial charge in [-0.15, -0.1) is 0 Å². The van der Waals surface area contributed by atoms with Crippen molar-refractivity contribution in [2.45, 2.75) is 17.9 Å². The van der Waals surface area contributed by atoms with E-state index < -0.39 is 12.1 Å². The predicted molar refractivity (Wildman–Crippen MR) is 32.0 cm³/mol. The SMILES string of the molecule is C[C@@H](Br)[C@H](O)C(=O)O. The molecule has 0 bridgehead atoms. The van der Waals surface area contributed by atoms with Crippen LogP contribution in [0.5, 0.6) is 0 Å². The van der Waals surface area contributed by atoms with E-state index in [1.54, 1.807) is 6.92 Å². The fraction of sp³-hybridized carbons (Fsp3) is 0.750. The number of carbonyl (C=O) groups is 1. The largest absolute Gasteiger partial charge is 0.479 e. The Morgan fingerprint density at radius 2 is 2.12 bits per heavy atom. The summed E-state index contributed by atoms with van der Waals surface area (Å²) in [7, 11) is 0. The highest BCUT2D eigenvalue weighted by Gasteiger charge is 2.17. The van der Waals surface area contributed by atoms with Crippen LogP contribution in [0.15, 0.2) is 0 Å². The van der Waals surface area contributed by atoms with Crippen LogP contribution < -0.4 is 0 Å². The van der Waals surface area contributed by atoms with Crippen LogP contribution in [0.25, 0.3) is 0 Å². The third kappa shape index (κ3) is 2.28. The molecule has 0 heterocycles. The van der Waals surface area contributed by atoms with Crippen LogP contribution in [0.4, 0.5) is 0 Å². The third-order valence-corrected chi connectivity index (χ3v) is 1.19. The zero-order chi connectivity index (χ0) is 6.73. The van der Waals surface area contributed by atoms with Gasteiger partial charge in [0.25, 0.3) is 0 Å². The summed E-state index contributed by atoms with van der Waals surface area (Å²) in [6.45, 7) is 1.57. The van der Waals surface area contributed by atoms with Gasteiger partial charge in [-0.1, -0.05) is 15.9 Å². The van der Waals surface area contributed by atoms with Crippen molar-refractivity contribution in [3.05, 3.63) is 0 Å². The zero-order valence-electron chi connectivity index (χ0n) is 4.34. The molecule has 0 aliphatic rings. The normalized spacial score (nSPS) is 17.4. The van der Waals surface area contributed by atoms with Crippen molar-refractivity contribution in [1.82, 2.24) is 0 Å². The minimum absolute atomic E-state index is 0.389. The van der Waals surface area contributed by atoms with Gasteiger partial charge in [0.05, 0.1) is 0 Å². The van der Waals surface area contributed by atoms with Crippen LogP contribution in [0.1, 0.15) is 6.92 Å². The first-order chi connectivity index (χ1) is 3.55. The Bertz CT molecular complexity index is 91.3. The second-order valence-corrected chi connectivity index (χ2v) is 2.90. The number of alkyl halides is 1. The number of carboxylic acids is 1. The summed E-state index contributed by atoms with van der Waals surface area (Å²) in [4.78, 5) is 9.47. The van der Waals surface area contributed by atoms with E-state index in [0.717, 1.165) is 0 Å². The van der Waals surface area contributed by atoms with Gasteiger partial charge in [-0.3, -0.25) is 0 Å². The average molecular weight is 183 g/mol. The Hall–Kier alpha value is -0.0900. The molecule has 2 atom stereocenters. The Labute approximate surface area is 55.5 Å². The maximum Gasteiger partial charge on any atom is 0.333 e. The number of rotatable bonds is 2. The van der Waals surface area contributed by atoms with Gasteiger partial charge in [0, 0.05) is 4.83 Å². The van der Waals surface area contributed by atoms with Crippen molar-refractivity contribution in [1.29, 1.82) is 0 Å². The van der Waals surface area contributed by atoms with Gasteiger partial charge in [0.2, 0.25) is 0 Å². The van der Waals surface area contributed by atoms with Crippen molar-refractivity contribution in [2.75, 3.05) is 0 Å². The Morgan fingerprint density at radius 1 is 1.75 bits per heavy atom. The quantitative estimate of drug-likeness (QED) is 0.601. The minimum Gasteiger partial charge on any atom is -0.479 e. The molecule has 4 heteroatoms. The lowest BCUT2D eigenvalue weighted by molar-refractivity contribution is -0.146. The summed E-state index contributed by atoms with van der Waals surface area (Å²) in [5, 5.41) is 16.6. The first-order valence-electron chi connectivity index (χ1n) is 2.10. The summed E-state index contributed by atoms with van der Waals surface area (Å²) in [6, 6.07) is 0. The average Bonchev–Trinajstić information content (AvgIpc) is 1.64. The molecule has 0 rings (SSSR count). The summed E-state index contributed by atoms with van der Waals surface area (Å²) in [5.41, 5.74) is 0. The molecule has 0 saturated carbocycles. The fourth-order valence-electron chi connectivity index (χ4n) is 0.196. The lowest BCUT2D eigenvalue weighted by Crippen LogP contribution is -2.27. The standard InChI is InChI=1S/C4H7BrO3/c1-2(5)3(6)4(7)8/h2-3,6H,1H3,(H,7,8)/t2-,3+/m1/s1. The molecule has 0 radical (unpaired) electrons. The number of aliphatic hydroxyl groups excluding tert-OH is 1. The van der Waals surface area contributed by atoms with Gasteiger partial charge in [0.15, 0.2) is 6.10 Å². The maximum atomic E-state index is 9.86. The zero-order valence-corrected chi connectivity index (χ0v) is 5.92. The summed E-state index contributed by atoms with van der Waals surface area (Å²) in [5.74, 6) is -1.20. The fourth-order valence-corrected chi connectivity index (χ4v) is 0.423. The molecule has 48 valence electrons. The molecule has 0 aliphatic carbocycles. The maximum absolute atomic E-state index is 9.86. The van der Waals surface area contributed by atoms with Gasteiger partial charge in [-0.05, 0) is 6.92 Å². The van der Waals surface area contributed by atoms with E-state index in [4.69, 9.17) is 10.2 Å². The molecule has 0 aromatic carbocycles. The van der Waals surface area contributed by atoms with E-state index in [9.17, 15) is 4.79 Å². The molecular formula is C4H7BrO3. The Balaban J connectivity index is 3.64. The minimum atomic E-state index is -1.30. The molecule has 0 unspecified atom stereocenters. The second-order valence-electron chi connectivity index (χ2n) is 1.46. The molecule has 2 N–H and O–H groups in total. The van der Waals surface area contributed by atoms with E-state index in [2.05, 4.69) is 15.9 Å². The highest BCUT2D eigenvalue weighted by Crippen LogP contribution is 2.03. The molecule has 0 spiro atoms. The first-order valence-corrected chi connectivity index (χ1v) is 3.02. The Morgan fingerprint density at radius 3 is 2.12 bits per heavy atom. The second kappa shape index (κ2) is 3.04. The summed E-state index contributed by atoms with van der Waals surface area (Å²) >= 11 is 2.91. The van der Waals surface area contributed by atoms with Crippen molar-refractivity contribution in [2.24, 2.45) is 0 Å². The molecule has 0 aromatic heterocycles. The monoisotopic (exact) mass is 182 g/mol. The van der Waals surface area contributed by atoms with Gasteiger partial charge < -0.3 is 10.2 Å². The molecule has 8 heavy (non-hydrogen) atoms. The van der Waals surface area contributed by atoms with E-state index in [1.165, 1.54) is 0 Å². The summed E-state index contributed by atoms with van der Waals surface area (Å²) in [6.07, 6.45) is -1.30. The molecule has 0 aromatic rings. The number of hydrogen-bond acceptors (Lipinski definition) is 2. The highest BCUT2D eigenvalue weighted by molar-refractivity contribution is 9.09. The molecule has 0 aliphatic heterocycles. The van der Waals surface area contributed by atoms with Crippen LogP contribution in [0.2, 0.25) is 0 Å². The van der Waals surface area contributed by atoms with Crippen molar-refractivity contribution >= 4 is 21.9 Å². The van der Waals surface area contributed by atoms with Crippen LogP contribution in [-0.4, -0.2) is 27.1 Å². The van der Waals surface area contributed by atoms with Gasteiger partial charge in [-0.25, -0.2) is 4.79 Å². The molecule has 3 nitrogen and oxygen atoms in total. The number of halogens is 1. The van der Waals surface area contributed by atoms with Gasteiger partial charge in [-0.2, -0.15) is 0 Å². The van der Waals surface area contributed by atoms with Crippen molar-refractivity contribution in [3.8, 4) is 0 Å². The summed E-state index contributed by atoms with van der Waals surface area (Å²) < 4.78 is 0. The van der Waals surface area contributed by atoms with Gasteiger partial charge in [0.1, 0.15) is 0 Å². The Kier molecular flexibility index (Phi) is 3.01. The number of aliphatic carboxylic acids is 1. The first kappa shape index (κ1) is 7.91. The highest BCUT2D eigenvalue weighted by atomic mass is 79.9. The topological polar surface area (TPSA) is 57.5 Å². The van der Waals surface area contributed by atoms with Crippen LogP contribution >= 0.6 is 15.9 Å². The molecule has 0 amide bonds. The van der Waals surface area contributed by atoms with E-state index >= 15 is 0 Å². The van der Waals surface area contributed by atoms with Gasteiger partial charge >= 0.3 is 5.97 Å². The number of carboxylic acid groups (broad SMARTS) is 1. The van der Waals surface area contributed by atoms with Crippen molar-refractivity contribution < 1.29 is 15.0 Å². The molecule has 0 fully saturated rings. The smallest absolute Gasteiger partial charge is 0.333 e. The third-order valence-electron chi connectivity index (χ3n) is 0.688. The predicted octanol–water partition coefficient (Wildman–Crippen LogP) is 0.215. The lowest BCUT2D eigenvalue weighted by atomic mass is 10.3. The number of hydrogen-bond donors (Lipinski definition) is 2. The van der Waals surface area contributed by atoms with E-state index in [1.807, 2.05) is 0 Å². The van der Waals surface area contributed by atoms with Crippen LogP contribution in [-0.2, 0) is 4.79 Å². The number of aliphatic hydroxyl groups is 1. The van der Waals surface area contributed by atoms with E-state index in [0.29, 0.717) is 0 Å². The van der Waals surface area contributed by atoms with E-state index in [-0.39, 0.29) is 4.83 Å². The molecular weight excluding hydrogens is 176 g/mol.